The van der Waals surface area contributed by atoms with Crippen LogP contribution >= 0.6 is 23.2 Å². The molecule has 1 aliphatic heterocycles. The SMILES string of the molecule is Cc1c(Cl)cc(S(=O)(=O)N2CC3CCC(N)C3C2)cc1Cl. The Morgan fingerprint density at radius 3 is 2.38 bits per heavy atom. The van der Waals surface area contributed by atoms with E-state index in [2.05, 4.69) is 0 Å². The molecule has 1 saturated heterocycles. The molecule has 3 rings (SSSR count). The summed E-state index contributed by atoms with van der Waals surface area (Å²) in [5.74, 6) is 0.655. The average molecular weight is 349 g/mol. The molecule has 2 fully saturated rings. The van der Waals surface area contributed by atoms with E-state index in [-0.39, 0.29) is 16.9 Å². The number of hydrogen-bond donors (Lipinski definition) is 1. The second-order valence-electron chi connectivity index (χ2n) is 6.00. The van der Waals surface area contributed by atoms with Crippen molar-refractivity contribution in [2.45, 2.75) is 30.7 Å². The van der Waals surface area contributed by atoms with E-state index in [0.29, 0.717) is 34.6 Å². The highest BCUT2D eigenvalue weighted by Crippen LogP contribution is 2.40. The van der Waals surface area contributed by atoms with Gasteiger partial charge in [-0.2, -0.15) is 4.31 Å². The standard InChI is InChI=1S/C14H18Cl2N2O2S/c1-8-12(15)4-10(5-13(8)16)21(19,20)18-6-9-2-3-14(17)11(9)7-18/h4-5,9,11,14H,2-3,6-7,17H2,1H3. The van der Waals surface area contributed by atoms with Gasteiger partial charge in [-0.15, -0.1) is 0 Å². The molecule has 1 aliphatic carbocycles. The molecule has 116 valence electrons. The highest BCUT2D eigenvalue weighted by atomic mass is 35.5. The van der Waals surface area contributed by atoms with E-state index in [1.807, 2.05) is 0 Å². The third kappa shape index (κ3) is 2.59. The van der Waals surface area contributed by atoms with Crippen LogP contribution in [0.15, 0.2) is 17.0 Å². The zero-order valence-electron chi connectivity index (χ0n) is 11.7. The zero-order chi connectivity index (χ0) is 15.4. The molecule has 1 heterocycles. The lowest BCUT2D eigenvalue weighted by Crippen LogP contribution is -2.33. The quantitative estimate of drug-likeness (QED) is 0.893. The van der Waals surface area contributed by atoms with Crippen molar-refractivity contribution in [3.8, 4) is 0 Å². The fraction of sp³-hybridized carbons (Fsp3) is 0.571. The summed E-state index contributed by atoms with van der Waals surface area (Å²) in [7, 11) is -3.56. The highest BCUT2D eigenvalue weighted by Gasteiger charge is 2.45. The second kappa shape index (κ2) is 5.39. The Kier molecular flexibility index (Phi) is 3.99. The molecule has 0 spiro atoms. The largest absolute Gasteiger partial charge is 0.327 e. The predicted molar refractivity (Wildman–Crippen MR) is 84.1 cm³/mol. The second-order valence-corrected chi connectivity index (χ2v) is 8.75. The van der Waals surface area contributed by atoms with Gasteiger partial charge in [0.2, 0.25) is 10.0 Å². The number of nitrogens with zero attached hydrogens (tertiary/aromatic N) is 1. The van der Waals surface area contributed by atoms with Crippen LogP contribution in [0.5, 0.6) is 0 Å². The molecule has 21 heavy (non-hydrogen) atoms. The Labute approximate surface area is 135 Å². The summed E-state index contributed by atoms with van der Waals surface area (Å²) in [6.45, 7) is 2.81. The summed E-state index contributed by atoms with van der Waals surface area (Å²) in [5, 5.41) is 0.745. The smallest absolute Gasteiger partial charge is 0.243 e. The van der Waals surface area contributed by atoms with Gasteiger partial charge in [0.1, 0.15) is 0 Å². The van der Waals surface area contributed by atoms with Gasteiger partial charge in [0.15, 0.2) is 0 Å². The topological polar surface area (TPSA) is 63.4 Å². The Hall–Kier alpha value is -0.330. The first-order valence-electron chi connectivity index (χ1n) is 7.02. The van der Waals surface area contributed by atoms with Crippen LogP contribution in [0.2, 0.25) is 10.0 Å². The monoisotopic (exact) mass is 348 g/mol. The number of sulfonamides is 1. The van der Waals surface area contributed by atoms with E-state index in [1.165, 1.54) is 16.4 Å². The third-order valence-corrected chi connectivity index (χ3v) is 7.37. The fourth-order valence-corrected chi connectivity index (χ4v) is 5.59. The Bertz CT molecular complexity index is 655. The van der Waals surface area contributed by atoms with Crippen LogP contribution in [0.1, 0.15) is 18.4 Å². The first-order chi connectivity index (χ1) is 9.80. The lowest BCUT2D eigenvalue weighted by molar-refractivity contribution is 0.427. The third-order valence-electron chi connectivity index (χ3n) is 4.77. The first kappa shape index (κ1) is 15.6. The van der Waals surface area contributed by atoms with Gasteiger partial charge >= 0.3 is 0 Å². The number of hydrogen-bond acceptors (Lipinski definition) is 3. The van der Waals surface area contributed by atoms with E-state index < -0.39 is 10.0 Å². The lowest BCUT2D eigenvalue weighted by atomic mass is 9.98. The average Bonchev–Trinajstić information content (AvgIpc) is 2.98. The molecule has 0 amide bonds. The van der Waals surface area contributed by atoms with E-state index in [9.17, 15) is 8.42 Å². The summed E-state index contributed by atoms with van der Waals surface area (Å²) in [6.07, 6.45) is 2.00. The van der Waals surface area contributed by atoms with Crippen LogP contribution in [-0.2, 0) is 10.0 Å². The Morgan fingerprint density at radius 2 is 1.81 bits per heavy atom. The van der Waals surface area contributed by atoms with Crippen molar-refractivity contribution >= 4 is 33.2 Å². The molecule has 0 radical (unpaired) electrons. The normalized spacial score (nSPS) is 29.8. The summed E-state index contributed by atoms with van der Waals surface area (Å²) < 4.78 is 27.0. The molecule has 0 bridgehead atoms. The molecular formula is C14H18Cl2N2O2S. The van der Waals surface area contributed by atoms with E-state index >= 15 is 0 Å². The van der Waals surface area contributed by atoms with Crippen molar-refractivity contribution in [2.75, 3.05) is 13.1 Å². The lowest BCUT2D eigenvalue weighted by Gasteiger charge is -2.19. The molecule has 2 aliphatic rings. The predicted octanol–water partition coefficient (Wildman–Crippen LogP) is 2.66. The number of fused-ring (bicyclic) bond motifs is 1. The van der Waals surface area contributed by atoms with Crippen LogP contribution in [0, 0.1) is 18.8 Å². The van der Waals surface area contributed by atoms with Crippen LogP contribution in [-0.4, -0.2) is 31.9 Å². The molecule has 4 nitrogen and oxygen atoms in total. The molecule has 7 heteroatoms. The number of nitrogens with two attached hydrogens (primary N) is 1. The van der Waals surface area contributed by atoms with Crippen LogP contribution in [0.25, 0.3) is 0 Å². The van der Waals surface area contributed by atoms with Gasteiger partial charge in [-0.05, 0) is 49.3 Å². The van der Waals surface area contributed by atoms with E-state index in [1.54, 1.807) is 6.92 Å². The molecule has 3 unspecified atom stereocenters. The highest BCUT2D eigenvalue weighted by molar-refractivity contribution is 7.89. The fourth-order valence-electron chi connectivity index (χ4n) is 3.38. The van der Waals surface area contributed by atoms with Crippen molar-refractivity contribution in [3.05, 3.63) is 27.7 Å². The summed E-state index contributed by atoms with van der Waals surface area (Å²) >= 11 is 12.1. The Balaban J connectivity index is 1.92. The van der Waals surface area contributed by atoms with E-state index in [0.717, 1.165) is 12.8 Å². The number of benzene rings is 1. The van der Waals surface area contributed by atoms with Crippen molar-refractivity contribution < 1.29 is 8.42 Å². The summed E-state index contributed by atoms with van der Waals surface area (Å²) in [6, 6.07) is 3.07. The van der Waals surface area contributed by atoms with Gasteiger partial charge in [-0.25, -0.2) is 8.42 Å². The maximum Gasteiger partial charge on any atom is 0.243 e. The molecule has 1 saturated carbocycles. The van der Waals surface area contributed by atoms with Gasteiger partial charge in [-0.1, -0.05) is 23.2 Å². The minimum Gasteiger partial charge on any atom is -0.327 e. The minimum absolute atomic E-state index is 0.111. The molecule has 3 atom stereocenters. The molecule has 2 N–H and O–H groups in total. The molecular weight excluding hydrogens is 331 g/mol. The molecule has 0 aromatic heterocycles. The number of rotatable bonds is 2. The van der Waals surface area contributed by atoms with Gasteiger partial charge < -0.3 is 5.73 Å². The van der Waals surface area contributed by atoms with Crippen LogP contribution in [0.4, 0.5) is 0 Å². The van der Waals surface area contributed by atoms with Gasteiger partial charge in [0, 0.05) is 29.2 Å². The summed E-state index contributed by atoms with van der Waals surface area (Å²) in [4.78, 5) is 0.164. The van der Waals surface area contributed by atoms with Crippen molar-refractivity contribution in [3.63, 3.8) is 0 Å². The van der Waals surface area contributed by atoms with Gasteiger partial charge in [0.05, 0.1) is 4.90 Å². The van der Waals surface area contributed by atoms with Crippen LogP contribution in [0.3, 0.4) is 0 Å². The van der Waals surface area contributed by atoms with Gasteiger partial charge in [0.25, 0.3) is 0 Å². The molecule has 1 aromatic carbocycles. The summed E-state index contributed by atoms with van der Waals surface area (Å²) in [5.41, 5.74) is 6.76. The Morgan fingerprint density at radius 1 is 1.19 bits per heavy atom. The number of halogens is 2. The van der Waals surface area contributed by atoms with Crippen molar-refractivity contribution in [1.82, 2.24) is 4.31 Å². The van der Waals surface area contributed by atoms with Crippen molar-refractivity contribution in [1.29, 1.82) is 0 Å². The van der Waals surface area contributed by atoms with Gasteiger partial charge in [-0.3, -0.25) is 0 Å². The van der Waals surface area contributed by atoms with Crippen LogP contribution < -0.4 is 5.73 Å². The maximum atomic E-state index is 12.8. The zero-order valence-corrected chi connectivity index (χ0v) is 14.0. The molecule has 1 aromatic rings. The minimum atomic E-state index is -3.56. The van der Waals surface area contributed by atoms with E-state index in [4.69, 9.17) is 28.9 Å². The van der Waals surface area contributed by atoms with Crippen molar-refractivity contribution in [2.24, 2.45) is 17.6 Å². The first-order valence-corrected chi connectivity index (χ1v) is 9.21. The maximum absolute atomic E-state index is 12.8.